The lowest BCUT2D eigenvalue weighted by Crippen LogP contribution is -2.36. The van der Waals surface area contributed by atoms with Crippen LogP contribution in [0.5, 0.6) is 0 Å². The molecule has 0 fully saturated rings. The van der Waals surface area contributed by atoms with Crippen molar-refractivity contribution in [2.45, 2.75) is 39.7 Å². The molecule has 2 heterocycles. The summed E-state index contributed by atoms with van der Waals surface area (Å²) in [5, 5.41) is 9.04. The van der Waals surface area contributed by atoms with Gasteiger partial charge in [0, 0.05) is 18.1 Å². The van der Waals surface area contributed by atoms with Crippen molar-refractivity contribution in [1.82, 2.24) is 15.5 Å². The summed E-state index contributed by atoms with van der Waals surface area (Å²) in [5.74, 6) is 1.49. The van der Waals surface area contributed by atoms with Gasteiger partial charge >= 0.3 is 0 Å². The van der Waals surface area contributed by atoms with Crippen LogP contribution in [-0.4, -0.2) is 16.1 Å². The summed E-state index contributed by atoms with van der Waals surface area (Å²) in [6, 6.07) is 4.58. The van der Waals surface area contributed by atoms with E-state index in [2.05, 4.69) is 29.4 Å². The number of nitrogens with zero attached hydrogens (tertiary/aromatic N) is 1. The fourth-order valence-electron chi connectivity index (χ4n) is 3.02. The van der Waals surface area contributed by atoms with Gasteiger partial charge in [0.1, 0.15) is 17.2 Å². The first-order valence-corrected chi connectivity index (χ1v) is 7.30. The topological polar surface area (TPSA) is 88.0 Å². The van der Waals surface area contributed by atoms with E-state index in [0.29, 0.717) is 0 Å². The number of amides is 1. The maximum absolute atomic E-state index is 12.3. The molecule has 0 saturated heterocycles. The number of H-pyrrole nitrogens is 1. The number of hydrogen-bond donors (Lipinski definition) is 2. The van der Waals surface area contributed by atoms with Crippen molar-refractivity contribution in [3.05, 3.63) is 51.3 Å². The van der Waals surface area contributed by atoms with Crippen LogP contribution >= 0.6 is 0 Å². The Balaban J connectivity index is 1.86. The Kier molecular flexibility index (Phi) is 3.39. The lowest BCUT2D eigenvalue weighted by atomic mass is 9.74. The van der Waals surface area contributed by atoms with Gasteiger partial charge in [0.25, 0.3) is 11.5 Å². The van der Waals surface area contributed by atoms with Crippen LogP contribution in [0.1, 0.15) is 53.9 Å². The molecule has 3 rings (SSSR count). The van der Waals surface area contributed by atoms with Crippen molar-refractivity contribution in [1.29, 1.82) is 0 Å². The zero-order valence-corrected chi connectivity index (χ0v) is 12.9. The molecule has 2 aromatic rings. The number of furan rings is 1. The van der Waals surface area contributed by atoms with Crippen LogP contribution in [0.4, 0.5) is 0 Å². The molecule has 1 unspecified atom stereocenters. The summed E-state index contributed by atoms with van der Waals surface area (Å²) < 4.78 is 5.76. The van der Waals surface area contributed by atoms with E-state index < -0.39 is 0 Å². The molecule has 0 aromatic carbocycles. The molecule has 6 nitrogen and oxygen atoms in total. The van der Waals surface area contributed by atoms with E-state index in [9.17, 15) is 9.59 Å². The fraction of sp³-hybridized carbons (Fsp3) is 0.438. The highest BCUT2D eigenvalue weighted by molar-refractivity contribution is 5.92. The standard InChI is InChI=1S/C16H19N3O3/c1-9-6-10-12(7-16(2,3)8-13(10)22-9)17-15(21)11-4-5-14(20)19-18-11/h4-6,12H,7-8H2,1-3H3,(H,17,21)(H,19,20). The second-order valence-corrected chi connectivity index (χ2v) is 6.61. The minimum absolute atomic E-state index is 0.0493. The van der Waals surface area contributed by atoms with Crippen LogP contribution in [0.2, 0.25) is 0 Å². The smallest absolute Gasteiger partial charge is 0.272 e. The first kappa shape index (κ1) is 14.6. The number of aryl methyl sites for hydroxylation is 1. The lowest BCUT2D eigenvalue weighted by Gasteiger charge is -2.34. The predicted molar refractivity (Wildman–Crippen MR) is 80.6 cm³/mol. The van der Waals surface area contributed by atoms with Crippen LogP contribution in [0.3, 0.4) is 0 Å². The third-order valence-electron chi connectivity index (χ3n) is 3.95. The number of carbonyl (C=O) groups excluding carboxylic acids is 1. The Morgan fingerprint density at radius 3 is 2.91 bits per heavy atom. The Morgan fingerprint density at radius 1 is 1.45 bits per heavy atom. The molecular weight excluding hydrogens is 282 g/mol. The average molecular weight is 301 g/mol. The molecule has 22 heavy (non-hydrogen) atoms. The highest BCUT2D eigenvalue weighted by atomic mass is 16.3. The van der Waals surface area contributed by atoms with Crippen molar-refractivity contribution >= 4 is 5.91 Å². The van der Waals surface area contributed by atoms with Crippen molar-refractivity contribution in [2.24, 2.45) is 5.41 Å². The summed E-state index contributed by atoms with van der Waals surface area (Å²) >= 11 is 0. The highest BCUT2D eigenvalue weighted by Gasteiger charge is 2.35. The van der Waals surface area contributed by atoms with Gasteiger partial charge in [0.05, 0.1) is 6.04 Å². The third kappa shape index (κ3) is 2.81. The molecule has 0 spiro atoms. The van der Waals surface area contributed by atoms with Crippen LogP contribution < -0.4 is 10.9 Å². The van der Waals surface area contributed by atoms with Gasteiger partial charge in [0.15, 0.2) is 0 Å². The lowest BCUT2D eigenvalue weighted by molar-refractivity contribution is 0.0911. The molecule has 6 heteroatoms. The normalized spacial score (nSPS) is 19.5. The van der Waals surface area contributed by atoms with Gasteiger partial charge in [-0.25, -0.2) is 5.10 Å². The molecule has 0 aliphatic heterocycles. The Bertz CT molecular complexity index is 753. The van der Waals surface area contributed by atoms with Gasteiger partial charge in [-0.2, -0.15) is 5.10 Å². The number of carbonyl (C=O) groups is 1. The van der Waals surface area contributed by atoms with Crippen molar-refractivity contribution in [2.75, 3.05) is 0 Å². The van der Waals surface area contributed by atoms with Crippen LogP contribution in [0.25, 0.3) is 0 Å². The number of aromatic amines is 1. The van der Waals surface area contributed by atoms with Crippen molar-refractivity contribution in [3.8, 4) is 0 Å². The zero-order valence-electron chi connectivity index (χ0n) is 12.9. The highest BCUT2D eigenvalue weighted by Crippen LogP contribution is 2.42. The summed E-state index contributed by atoms with van der Waals surface area (Å²) in [5.41, 5.74) is 0.954. The molecule has 0 radical (unpaired) electrons. The molecule has 1 aliphatic carbocycles. The predicted octanol–water partition coefficient (Wildman–Crippen LogP) is 2.11. The largest absolute Gasteiger partial charge is 0.466 e. The molecule has 2 aromatic heterocycles. The average Bonchev–Trinajstić information content (AvgIpc) is 2.78. The Morgan fingerprint density at radius 2 is 2.23 bits per heavy atom. The van der Waals surface area contributed by atoms with Gasteiger partial charge in [0.2, 0.25) is 0 Å². The van der Waals surface area contributed by atoms with Gasteiger partial charge in [-0.15, -0.1) is 0 Å². The van der Waals surface area contributed by atoms with E-state index in [4.69, 9.17) is 4.42 Å². The van der Waals surface area contributed by atoms with E-state index in [1.165, 1.54) is 12.1 Å². The molecule has 1 aliphatic rings. The van der Waals surface area contributed by atoms with Gasteiger partial charge in [-0.1, -0.05) is 13.8 Å². The molecule has 0 bridgehead atoms. The summed E-state index contributed by atoms with van der Waals surface area (Å²) in [7, 11) is 0. The number of rotatable bonds is 2. The summed E-state index contributed by atoms with van der Waals surface area (Å²) in [6.45, 7) is 6.23. The number of aromatic nitrogens is 2. The molecule has 116 valence electrons. The second-order valence-electron chi connectivity index (χ2n) is 6.61. The monoisotopic (exact) mass is 301 g/mol. The minimum atomic E-state index is -0.330. The minimum Gasteiger partial charge on any atom is -0.466 e. The quantitative estimate of drug-likeness (QED) is 0.889. The first-order valence-electron chi connectivity index (χ1n) is 7.30. The second kappa shape index (κ2) is 5.12. The Hall–Kier alpha value is -2.37. The van der Waals surface area contributed by atoms with E-state index in [-0.39, 0.29) is 28.6 Å². The van der Waals surface area contributed by atoms with Crippen molar-refractivity contribution in [3.63, 3.8) is 0 Å². The third-order valence-corrected chi connectivity index (χ3v) is 3.95. The van der Waals surface area contributed by atoms with E-state index in [0.717, 1.165) is 29.9 Å². The first-order chi connectivity index (χ1) is 10.3. The molecule has 2 N–H and O–H groups in total. The van der Waals surface area contributed by atoms with Gasteiger partial charge in [-0.05, 0) is 30.9 Å². The Labute approximate surface area is 127 Å². The summed E-state index contributed by atoms with van der Waals surface area (Å²) in [6.07, 6.45) is 1.69. The fourth-order valence-corrected chi connectivity index (χ4v) is 3.02. The van der Waals surface area contributed by atoms with Gasteiger partial charge in [-0.3, -0.25) is 9.59 Å². The van der Waals surface area contributed by atoms with E-state index in [1.807, 2.05) is 13.0 Å². The zero-order chi connectivity index (χ0) is 15.9. The maximum atomic E-state index is 12.3. The number of nitrogens with one attached hydrogen (secondary N) is 2. The molecule has 1 amide bonds. The number of hydrogen-bond acceptors (Lipinski definition) is 4. The van der Waals surface area contributed by atoms with Crippen LogP contribution in [0, 0.1) is 12.3 Å². The molecule has 1 atom stereocenters. The van der Waals surface area contributed by atoms with Crippen LogP contribution in [-0.2, 0) is 6.42 Å². The van der Waals surface area contributed by atoms with Crippen molar-refractivity contribution < 1.29 is 9.21 Å². The van der Waals surface area contributed by atoms with E-state index >= 15 is 0 Å². The van der Waals surface area contributed by atoms with Crippen LogP contribution in [0.15, 0.2) is 27.4 Å². The van der Waals surface area contributed by atoms with E-state index in [1.54, 1.807) is 0 Å². The SMILES string of the molecule is Cc1cc2c(o1)CC(C)(C)CC2NC(=O)c1ccc(=O)[nH]n1. The molecule has 0 saturated carbocycles. The maximum Gasteiger partial charge on any atom is 0.272 e. The van der Waals surface area contributed by atoms with Gasteiger partial charge < -0.3 is 9.73 Å². The number of fused-ring (bicyclic) bond motifs is 1. The molecular formula is C16H19N3O3. The summed E-state index contributed by atoms with van der Waals surface area (Å²) in [4.78, 5) is 23.3.